The molecule has 6 nitrogen and oxygen atoms in total. The number of methoxy groups -OCH3 is 1. The fourth-order valence-electron chi connectivity index (χ4n) is 5.56. The van der Waals surface area contributed by atoms with Crippen molar-refractivity contribution in [3.05, 3.63) is 59.2 Å². The van der Waals surface area contributed by atoms with Gasteiger partial charge in [-0.05, 0) is 55.0 Å². The van der Waals surface area contributed by atoms with Crippen LogP contribution in [-0.4, -0.2) is 61.0 Å². The van der Waals surface area contributed by atoms with E-state index in [1.165, 1.54) is 5.56 Å². The van der Waals surface area contributed by atoms with Gasteiger partial charge in [-0.15, -0.1) is 0 Å². The summed E-state index contributed by atoms with van der Waals surface area (Å²) in [6.07, 6.45) is 3.63. The Balaban J connectivity index is 1.15. The van der Waals surface area contributed by atoms with Crippen molar-refractivity contribution in [3.8, 4) is 11.5 Å². The zero-order valence-electron chi connectivity index (χ0n) is 19.0. The third-order valence-electron chi connectivity index (χ3n) is 7.42. The number of hydrogen-bond acceptors (Lipinski definition) is 6. The Labute approximate surface area is 190 Å². The maximum Gasteiger partial charge on any atom is 0.189 e. The van der Waals surface area contributed by atoms with Crippen molar-refractivity contribution in [2.75, 3.05) is 40.1 Å². The molecule has 1 aliphatic carbocycles. The summed E-state index contributed by atoms with van der Waals surface area (Å²) < 4.78 is 16.5. The molecule has 2 heterocycles. The third-order valence-corrected chi connectivity index (χ3v) is 7.42. The molecule has 1 N–H and O–H groups in total. The van der Waals surface area contributed by atoms with Crippen LogP contribution in [0.25, 0.3) is 0 Å². The summed E-state index contributed by atoms with van der Waals surface area (Å²) in [4.78, 5) is 5.16. The van der Waals surface area contributed by atoms with Gasteiger partial charge >= 0.3 is 0 Å². The molecule has 32 heavy (non-hydrogen) atoms. The van der Waals surface area contributed by atoms with Gasteiger partial charge in [0.1, 0.15) is 11.5 Å². The van der Waals surface area contributed by atoms with Crippen molar-refractivity contribution in [1.82, 2.24) is 9.80 Å². The van der Waals surface area contributed by atoms with Gasteiger partial charge < -0.3 is 19.3 Å². The second-order valence-electron chi connectivity index (χ2n) is 9.32. The first-order valence-electron chi connectivity index (χ1n) is 11.8. The minimum absolute atomic E-state index is 0.292. The fraction of sp³-hybridized carbons (Fsp3) is 0.538. The van der Waals surface area contributed by atoms with Crippen LogP contribution in [0, 0.1) is 0 Å². The Morgan fingerprint density at radius 3 is 2.62 bits per heavy atom. The zero-order valence-corrected chi connectivity index (χ0v) is 19.0. The molecule has 2 aliphatic heterocycles. The Morgan fingerprint density at radius 2 is 1.84 bits per heavy atom. The number of benzene rings is 2. The number of ether oxygens (including phenoxy) is 3. The van der Waals surface area contributed by atoms with Crippen molar-refractivity contribution < 1.29 is 19.3 Å². The standard InChI is InChI=1S/C26H34N2O4/c1-30-22-5-2-4-20(16-22)17-27-12-14-28(15-13-27)21-8-10-26(29,11-9-21)24-6-3-7-25-23(24)18-31-19-32-25/h2-7,16,21,29H,8-15,17-19H2,1H3. The minimum atomic E-state index is -0.778. The van der Waals surface area contributed by atoms with E-state index >= 15 is 0 Å². The average Bonchev–Trinajstić information content (AvgIpc) is 2.85. The van der Waals surface area contributed by atoms with Gasteiger partial charge in [-0.2, -0.15) is 0 Å². The van der Waals surface area contributed by atoms with Crippen molar-refractivity contribution in [1.29, 1.82) is 0 Å². The molecule has 2 aromatic rings. The van der Waals surface area contributed by atoms with Gasteiger partial charge in [-0.25, -0.2) is 0 Å². The van der Waals surface area contributed by atoms with Crippen molar-refractivity contribution in [2.24, 2.45) is 0 Å². The quantitative estimate of drug-likeness (QED) is 0.771. The van der Waals surface area contributed by atoms with Crippen LogP contribution in [0.15, 0.2) is 42.5 Å². The van der Waals surface area contributed by atoms with Gasteiger partial charge in [-0.3, -0.25) is 9.80 Å². The van der Waals surface area contributed by atoms with Crippen LogP contribution < -0.4 is 9.47 Å². The lowest BCUT2D eigenvalue weighted by atomic mass is 9.75. The van der Waals surface area contributed by atoms with Crippen molar-refractivity contribution in [2.45, 2.75) is 50.5 Å². The molecule has 2 fully saturated rings. The Morgan fingerprint density at radius 1 is 1.06 bits per heavy atom. The number of aliphatic hydroxyl groups is 1. The molecule has 6 heteroatoms. The van der Waals surface area contributed by atoms with Gasteiger partial charge in [0.25, 0.3) is 0 Å². The monoisotopic (exact) mass is 438 g/mol. The molecule has 0 unspecified atom stereocenters. The van der Waals surface area contributed by atoms with E-state index in [0.29, 0.717) is 19.4 Å². The van der Waals surface area contributed by atoms with Crippen LogP contribution in [0.5, 0.6) is 11.5 Å². The molecule has 0 atom stereocenters. The summed E-state index contributed by atoms with van der Waals surface area (Å²) in [5.41, 5.74) is 2.54. The largest absolute Gasteiger partial charge is 0.497 e. The molecule has 1 saturated carbocycles. The Hall–Kier alpha value is -2.12. The summed E-state index contributed by atoms with van der Waals surface area (Å²) >= 11 is 0. The average molecular weight is 439 g/mol. The summed E-state index contributed by atoms with van der Waals surface area (Å²) in [6.45, 7) is 6.13. The summed E-state index contributed by atoms with van der Waals surface area (Å²) in [5.74, 6) is 1.78. The van der Waals surface area contributed by atoms with E-state index in [1.807, 2.05) is 18.2 Å². The Bertz CT molecular complexity index is 918. The van der Waals surface area contributed by atoms with E-state index in [1.54, 1.807) is 7.11 Å². The topological polar surface area (TPSA) is 54.4 Å². The smallest absolute Gasteiger partial charge is 0.189 e. The summed E-state index contributed by atoms with van der Waals surface area (Å²) in [7, 11) is 1.72. The predicted octanol–water partition coefficient (Wildman–Crippen LogP) is 3.51. The zero-order chi connectivity index (χ0) is 22.0. The molecule has 0 spiro atoms. The molecule has 1 saturated heterocycles. The molecule has 3 aliphatic rings. The molecule has 172 valence electrons. The van der Waals surface area contributed by atoms with Gasteiger partial charge in [0.05, 0.1) is 19.3 Å². The van der Waals surface area contributed by atoms with E-state index in [9.17, 15) is 5.11 Å². The van der Waals surface area contributed by atoms with Crippen LogP contribution in [0.3, 0.4) is 0 Å². The van der Waals surface area contributed by atoms with Crippen LogP contribution in [0.2, 0.25) is 0 Å². The number of hydrogen-bond donors (Lipinski definition) is 1. The molecule has 0 amide bonds. The molecular weight excluding hydrogens is 404 g/mol. The maximum absolute atomic E-state index is 11.5. The predicted molar refractivity (Wildman–Crippen MR) is 123 cm³/mol. The van der Waals surface area contributed by atoms with E-state index < -0.39 is 5.60 Å². The molecule has 0 radical (unpaired) electrons. The first-order valence-corrected chi connectivity index (χ1v) is 11.8. The first-order chi connectivity index (χ1) is 15.6. The summed E-state index contributed by atoms with van der Waals surface area (Å²) in [6, 6.07) is 14.9. The lowest BCUT2D eigenvalue weighted by molar-refractivity contribution is -0.0424. The number of piperazine rings is 1. The van der Waals surface area contributed by atoms with Gasteiger partial charge in [-0.1, -0.05) is 24.3 Å². The minimum Gasteiger partial charge on any atom is -0.497 e. The lowest BCUT2D eigenvalue weighted by Crippen LogP contribution is -2.51. The highest BCUT2D eigenvalue weighted by Crippen LogP contribution is 2.43. The van der Waals surface area contributed by atoms with E-state index in [-0.39, 0.29) is 0 Å². The lowest BCUT2D eigenvalue weighted by Gasteiger charge is -2.45. The number of nitrogens with zero attached hydrogens (tertiary/aromatic N) is 2. The van der Waals surface area contributed by atoms with Crippen LogP contribution in [0.1, 0.15) is 42.4 Å². The summed E-state index contributed by atoms with van der Waals surface area (Å²) in [5, 5.41) is 11.5. The molecular formula is C26H34N2O4. The highest BCUT2D eigenvalue weighted by atomic mass is 16.7. The van der Waals surface area contributed by atoms with E-state index in [2.05, 4.69) is 34.1 Å². The molecule has 5 rings (SSSR count). The van der Waals surface area contributed by atoms with Crippen LogP contribution >= 0.6 is 0 Å². The van der Waals surface area contributed by atoms with Crippen molar-refractivity contribution >= 4 is 0 Å². The molecule has 2 aromatic carbocycles. The van der Waals surface area contributed by atoms with Gasteiger partial charge in [0.2, 0.25) is 0 Å². The van der Waals surface area contributed by atoms with Crippen LogP contribution in [0.4, 0.5) is 0 Å². The fourth-order valence-corrected chi connectivity index (χ4v) is 5.56. The van der Waals surface area contributed by atoms with Gasteiger partial charge in [0, 0.05) is 44.3 Å². The van der Waals surface area contributed by atoms with Crippen molar-refractivity contribution in [3.63, 3.8) is 0 Å². The normalized spacial score (nSPS) is 26.9. The second-order valence-corrected chi connectivity index (χ2v) is 9.32. The third kappa shape index (κ3) is 4.50. The highest BCUT2D eigenvalue weighted by molar-refractivity contribution is 5.43. The molecule has 0 bridgehead atoms. The second kappa shape index (κ2) is 9.40. The number of fused-ring (bicyclic) bond motifs is 1. The first kappa shape index (κ1) is 21.7. The van der Waals surface area contributed by atoms with Crippen LogP contribution in [-0.2, 0) is 23.5 Å². The number of rotatable bonds is 5. The highest BCUT2D eigenvalue weighted by Gasteiger charge is 2.39. The Kier molecular flexibility index (Phi) is 6.37. The van der Waals surface area contributed by atoms with Gasteiger partial charge in [0.15, 0.2) is 6.79 Å². The molecule has 0 aromatic heterocycles. The SMILES string of the molecule is COc1cccc(CN2CCN(C3CCC(O)(c4cccc5c4COCO5)CC3)CC2)c1. The van der Waals surface area contributed by atoms with E-state index in [4.69, 9.17) is 14.2 Å². The van der Waals surface area contributed by atoms with E-state index in [0.717, 1.165) is 81.0 Å². The maximum atomic E-state index is 11.5.